The van der Waals surface area contributed by atoms with Crippen molar-refractivity contribution in [2.24, 2.45) is 5.92 Å². The predicted octanol–water partition coefficient (Wildman–Crippen LogP) is 5.58. The molecule has 0 aliphatic heterocycles. The van der Waals surface area contributed by atoms with E-state index >= 15 is 0 Å². The minimum absolute atomic E-state index is 0.0966. The number of rotatable bonds is 2. The lowest BCUT2D eigenvalue weighted by atomic mass is 9.81. The Morgan fingerprint density at radius 3 is 1.95 bits per heavy atom. The molecule has 110 valence electrons. The molecule has 1 aliphatic rings. The molecule has 0 N–H and O–H groups in total. The van der Waals surface area contributed by atoms with Crippen LogP contribution in [0, 0.1) is 17.6 Å². The molecule has 20 heavy (non-hydrogen) atoms. The Morgan fingerprint density at radius 1 is 1.00 bits per heavy atom. The maximum absolute atomic E-state index is 13.5. The summed E-state index contributed by atoms with van der Waals surface area (Å²) in [7, 11) is 0. The van der Waals surface area contributed by atoms with E-state index in [0.717, 1.165) is 44.2 Å². The zero-order chi connectivity index (χ0) is 14.9. The van der Waals surface area contributed by atoms with Crippen molar-refractivity contribution < 1.29 is 22.0 Å². The lowest BCUT2D eigenvalue weighted by Gasteiger charge is -2.24. The summed E-state index contributed by atoms with van der Waals surface area (Å²) in [5.74, 6) is -3.06. The van der Waals surface area contributed by atoms with E-state index in [0.29, 0.717) is 5.57 Å². The number of benzene rings is 1. The molecule has 1 fully saturated rings. The summed E-state index contributed by atoms with van der Waals surface area (Å²) in [4.78, 5) is 0. The Bertz CT molecular complexity index is 486. The summed E-state index contributed by atoms with van der Waals surface area (Å²) in [6, 6.07) is 1.48. The highest BCUT2D eigenvalue weighted by Crippen LogP contribution is 2.38. The van der Waals surface area contributed by atoms with Crippen LogP contribution in [-0.4, -0.2) is 0 Å². The Balaban J connectivity index is 2.32. The molecule has 0 aromatic heterocycles. The van der Waals surface area contributed by atoms with Gasteiger partial charge in [-0.3, -0.25) is 0 Å². The van der Waals surface area contributed by atoms with Gasteiger partial charge < -0.3 is 0 Å². The van der Waals surface area contributed by atoms with Gasteiger partial charge in [-0.1, -0.05) is 25.8 Å². The Morgan fingerprint density at radius 2 is 1.50 bits per heavy atom. The fraction of sp³-hybridized carbons (Fsp3) is 0.467. The van der Waals surface area contributed by atoms with E-state index in [1.165, 1.54) is 0 Å². The third-order valence-corrected chi connectivity index (χ3v) is 3.79. The molecule has 5 heteroatoms. The Labute approximate surface area is 114 Å². The molecule has 1 aromatic carbocycles. The molecular formula is C15H15F5. The minimum atomic E-state index is -5.03. The number of allylic oxidation sites excluding steroid dienone is 1. The van der Waals surface area contributed by atoms with E-state index in [4.69, 9.17) is 0 Å². The molecule has 0 bridgehead atoms. The molecule has 1 aliphatic carbocycles. The Hall–Kier alpha value is -1.39. The average molecular weight is 290 g/mol. The highest BCUT2D eigenvalue weighted by atomic mass is 19.4. The number of halogens is 5. The highest BCUT2D eigenvalue weighted by molar-refractivity contribution is 5.66. The first-order valence-electron chi connectivity index (χ1n) is 6.56. The second kappa shape index (κ2) is 5.54. The van der Waals surface area contributed by atoms with Crippen LogP contribution < -0.4 is 0 Å². The van der Waals surface area contributed by atoms with Crippen LogP contribution in [0.15, 0.2) is 18.7 Å². The highest BCUT2D eigenvalue weighted by Gasteiger charge is 2.38. The quantitative estimate of drug-likeness (QED) is 0.624. The molecule has 0 spiro atoms. The van der Waals surface area contributed by atoms with Gasteiger partial charge in [0.25, 0.3) is 0 Å². The van der Waals surface area contributed by atoms with E-state index in [2.05, 4.69) is 6.58 Å². The number of hydrogen-bond donors (Lipinski definition) is 0. The fourth-order valence-electron chi connectivity index (χ4n) is 2.72. The van der Waals surface area contributed by atoms with Crippen molar-refractivity contribution in [3.8, 4) is 0 Å². The summed E-state index contributed by atoms with van der Waals surface area (Å²) < 4.78 is 64.6. The predicted molar refractivity (Wildman–Crippen MR) is 67.0 cm³/mol. The van der Waals surface area contributed by atoms with Crippen LogP contribution in [0.3, 0.4) is 0 Å². The van der Waals surface area contributed by atoms with Crippen LogP contribution in [0.2, 0.25) is 0 Å². The van der Waals surface area contributed by atoms with Gasteiger partial charge in [0.05, 0.1) is 0 Å². The van der Waals surface area contributed by atoms with Gasteiger partial charge in [0.1, 0.15) is 17.2 Å². The first-order valence-corrected chi connectivity index (χ1v) is 6.56. The Kier molecular flexibility index (Phi) is 4.16. The zero-order valence-corrected chi connectivity index (χ0v) is 10.9. The summed E-state index contributed by atoms with van der Waals surface area (Å²) in [6.07, 6.45) is -0.171. The molecular weight excluding hydrogens is 275 g/mol. The normalized spacial score (nSPS) is 17.2. The van der Waals surface area contributed by atoms with Crippen molar-refractivity contribution in [3.05, 3.63) is 41.5 Å². The van der Waals surface area contributed by atoms with Gasteiger partial charge in [-0.15, -0.1) is 0 Å². The van der Waals surface area contributed by atoms with Gasteiger partial charge in [0.2, 0.25) is 0 Å². The monoisotopic (exact) mass is 290 g/mol. The van der Waals surface area contributed by atoms with Gasteiger partial charge in [-0.05, 0) is 42.0 Å². The largest absolute Gasteiger partial charge is 0.422 e. The fourth-order valence-corrected chi connectivity index (χ4v) is 2.72. The SMILES string of the molecule is C=C(c1cc(F)c(C(F)(F)F)c(F)c1)C1CCCCC1. The molecule has 0 amide bonds. The van der Waals surface area contributed by atoms with Crippen LogP contribution in [0.4, 0.5) is 22.0 Å². The van der Waals surface area contributed by atoms with Crippen molar-refractivity contribution in [1.29, 1.82) is 0 Å². The molecule has 0 atom stereocenters. The third kappa shape index (κ3) is 3.02. The third-order valence-electron chi connectivity index (χ3n) is 3.79. The number of hydrogen-bond acceptors (Lipinski definition) is 0. The molecule has 0 saturated heterocycles. The van der Waals surface area contributed by atoms with Crippen molar-refractivity contribution in [1.82, 2.24) is 0 Å². The summed E-state index contributed by atoms with van der Waals surface area (Å²) in [6.45, 7) is 3.81. The van der Waals surface area contributed by atoms with Crippen molar-refractivity contribution in [2.75, 3.05) is 0 Å². The van der Waals surface area contributed by atoms with E-state index in [9.17, 15) is 22.0 Å². The summed E-state index contributed by atoms with van der Waals surface area (Å²) in [5, 5.41) is 0. The lowest BCUT2D eigenvalue weighted by Crippen LogP contribution is -2.13. The van der Waals surface area contributed by atoms with Crippen LogP contribution in [-0.2, 0) is 6.18 Å². The van der Waals surface area contributed by atoms with Gasteiger partial charge in [-0.25, -0.2) is 8.78 Å². The maximum atomic E-state index is 13.5. The van der Waals surface area contributed by atoms with Crippen molar-refractivity contribution in [3.63, 3.8) is 0 Å². The molecule has 0 radical (unpaired) electrons. The van der Waals surface area contributed by atoms with E-state index < -0.39 is 23.4 Å². The maximum Gasteiger partial charge on any atom is 0.422 e. The molecule has 0 heterocycles. The zero-order valence-electron chi connectivity index (χ0n) is 10.9. The van der Waals surface area contributed by atoms with Crippen LogP contribution in [0.1, 0.15) is 43.2 Å². The number of alkyl halides is 3. The summed E-state index contributed by atoms with van der Waals surface area (Å²) >= 11 is 0. The smallest absolute Gasteiger partial charge is 0.206 e. The van der Waals surface area contributed by atoms with E-state index in [-0.39, 0.29) is 11.5 Å². The lowest BCUT2D eigenvalue weighted by molar-refractivity contribution is -0.142. The second-order valence-electron chi connectivity index (χ2n) is 5.17. The average Bonchev–Trinajstić information content (AvgIpc) is 2.36. The van der Waals surface area contributed by atoms with Crippen LogP contribution in [0.5, 0.6) is 0 Å². The molecule has 0 nitrogen and oxygen atoms in total. The molecule has 1 aromatic rings. The molecule has 2 rings (SSSR count). The van der Waals surface area contributed by atoms with Crippen LogP contribution in [0.25, 0.3) is 5.57 Å². The second-order valence-corrected chi connectivity index (χ2v) is 5.17. The summed E-state index contributed by atoms with van der Waals surface area (Å²) in [5.41, 5.74) is -1.19. The first-order chi connectivity index (χ1) is 9.30. The van der Waals surface area contributed by atoms with Gasteiger partial charge in [0, 0.05) is 0 Å². The minimum Gasteiger partial charge on any atom is -0.206 e. The van der Waals surface area contributed by atoms with Crippen molar-refractivity contribution >= 4 is 5.57 Å². The van der Waals surface area contributed by atoms with Gasteiger partial charge in [0.15, 0.2) is 0 Å². The van der Waals surface area contributed by atoms with E-state index in [1.807, 2.05) is 0 Å². The molecule has 1 saturated carbocycles. The first kappa shape index (κ1) is 15.0. The standard InChI is InChI=1S/C15H15F5/c1-9(10-5-3-2-4-6-10)11-7-12(16)14(13(17)8-11)15(18,19)20/h7-8,10H,1-6H2. The van der Waals surface area contributed by atoms with E-state index in [1.54, 1.807) is 0 Å². The van der Waals surface area contributed by atoms with Gasteiger partial charge in [-0.2, -0.15) is 13.2 Å². The van der Waals surface area contributed by atoms with Crippen LogP contribution >= 0.6 is 0 Å². The topological polar surface area (TPSA) is 0 Å². The molecule has 0 unspecified atom stereocenters. The van der Waals surface area contributed by atoms with Crippen molar-refractivity contribution in [2.45, 2.75) is 38.3 Å². The van der Waals surface area contributed by atoms with Gasteiger partial charge >= 0.3 is 6.18 Å².